The van der Waals surface area contributed by atoms with Crippen molar-refractivity contribution < 1.29 is 22.3 Å². The molecule has 0 fully saturated rings. The molecule has 4 heterocycles. The quantitative estimate of drug-likeness (QED) is 0.144. The zero-order chi connectivity index (χ0) is 46.4. The van der Waals surface area contributed by atoms with Crippen molar-refractivity contribution >= 4 is 75.8 Å². The van der Waals surface area contributed by atoms with Crippen molar-refractivity contribution in [2.75, 3.05) is 0 Å². The molecule has 0 saturated heterocycles. The van der Waals surface area contributed by atoms with Gasteiger partial charge >= 0.3 is 10.4 Å². The summed E-state index contributed by atoms with van der Waals surface area (Å²) in [6, 6.07) is 68.1. The molecule has 330 valence electrons. The summed E-state index contributed by atoms with van der Waals surface area (Å²) in [6.45, 7) is 0. The monoisotopic (exact) mass is 916 g/mol. The zero-order valence-electron chi connectivity index (χ0n) is 36.3. The third-order valence-corrected chi connectivity index (χ3v) is 13.3. The van der Waals surface area contributed by atoms with Gasteiger partial charge in [-0.15, -0.1) is 0 Å². The molecule has 0 aliphatic heterocycles. The van der Waals surface area contributed by atoms with Crippen LogP contribution < -0.4 is 4.18 Å². The van der Waals surface area contributed by atoms with E-state index in [9.17, 15) is 18.1 Å². The lowest BCUT2D eigenvalue weighted by Crippen LogP contribution is -2.10. The summed E-state index contributed by atoms with van der Waals surface area (Å²) in [7, 11) is -4.76. The summed E-state index contributed by atoms with van der Waals surface area (Å²) in [5, 5.41) is 17.0. The first-order valence-corrected chi connectivity index (χ1v) is 23.6. The Morgan fingerprint density at radius 2 is 0.681 bits per heavy atom. The molecular weight excluding hydrogens is 881 g/mol. The van der Waals surface area contributed by atoms with Crippen LogP contribution in [0.1, 0.15) is 0 Å². The van der Waals surface area contributed by atoms with Gasteiger partial charge in [0, 0.05) is 49.0 Å². The Kier molecular flexibility index (Phi) is 9.02. The molecule has 13 rings (SSSR count). The zero-order valence-corrected chi connectivity index (χ0v) is 37.2. The maximum atomic E-state index is 11.6. The van der Waals surface area contributed by atoms with Crippen LogP contribution in [0.4, 0.5) is 0 Å². The Balaban J connectivity index is 1.21. The van der Waals surface area contributed by atoms with Crippen molar-refractivity contribution in [1.29, 1.82) is 0 Å². The maximum Gasteiger partial charge on any atom is 0.446 e. The van der Waals surface area contributed by atoms with Crippen molar-refractivity contribution in [2.45, 2.75) is 0 Å². The van der Waals surface area contributed by atoms with Crippen LogP contribution in [0.15, 0.2) is 206 Å². The summed E-state index contributed by atoms with van der Waals surface area (Å²) in [6.07, 6.45) is 0. The van der Waals surface area contributed by atoms with Crippen LogP contribution in [0.5, 0.6) is 11.5 Å². The molecule has 0 atom stereocenters. The molecule has 0 aliphatic rings. The molecule has 2 N–H and O–H groups in total. The van der Waals surface area contributed by atoms with Gasteiger partial charge in [-0.2, -0.15) is 8.42 Å². The van der Waals surface area contributed by atoms with Crippen molar-refractivity contribution in [3.05, 3.63) is 206 Å². The highest BCUT2D eigenvalue weighted by atomic mass is 32.3. The molecule has 69 heavy (non-hydrogen) atoms. The minimum Gasteiger partial charge on any atom is -0.508 e. The number of nitrogens with zero attached hydrogens (tertiary/aromatic N) is 6. The third-order valence-electron chi connectivity index (χ3n) is 12.8. The summed E-state index contributed by atoms with van der Waals surface area (Å²) < 4.78 is 44.4. The molecule has 4 aromatic heterocycles. The van der Waals surface area contributed by atoms with Crippen LogP contribution in [0.2, 0.25) is 0 Å². The van der Waals surface area contributed by atoms with Crippen LogP contribution in [0.25, 0.3) is 117 Å². The van der Waals surface area contributed by atoms with Gasteiger partial charge in [0.2, 0.25) is 0 Å². The van der Waals surface area contributed by atoms with Gasteiger partial charge in [-0.05, 0) is 97.1 Å². The van der Waals surface area contributed by atoms with E-state index < -0.39 is 10.4 Å². The lowest BCUT2D eigenvalue weighted by Gasteiger charge is -2.23. The summed E-state index contributed by atoms with van der Waals surface area (Å²) in [4.78, 5) is 15.4. The average molecular weight is 917 g/mol. The number of fused-ring (bicyclic) bond motifs is 9. The van der Waals surface area contributed by atoms with Gasteiger partial charge in [0.15, 0.2) is 17.5 Å². The fourth-order valence-electron chi connectivity index (χ4n) is 9.99. The second-order valence-corrected chi connectivity index (χ2v) is 17.9. The molecule has 9 aromatic carbocycles. The van der Waals surface area contributed by atoms with Crippen LogP contribution in [-0.2, 0) is 10.4 Å². The van der Waals surface area contributed by atoms with E-state index in [1.54, 1.807) is 36.4 Å². The first-order chi connectivity index (χ1) is 33.8. The third kappa shape index (κ3) is 6.61. The number of hydrogen-bond acceptors (Lipinski definition) is 7. The summed E-state index contributed by atoms with van der Waals surface area (Å²) >= 11 is 0. The first kappa shape index (κ1) is 40.2. The standard InChI is InChI=1S/C57H36N6O5S/c64-38-29-25-35(26-30-38)55-58-56(36-27-31-39(32-28-36)68-69(65,66)67)60-57(59-55)37-33-52(61-46-19-7-1-13-40(46)41-14-2-8-20-47(41)61)54(63-50-23-11-5-17-44(50)45-18-6-12-24-51(45)63)53(34-37)62-48-21-9-3-15-42(48)43-16-4-10-22-49(43)62/h1-34,64H,(H,65,66,67). The maximum absolute atomic E-state index is 11.6. The van der Waals surface area contributed by atoms with E-state index in [4.69, 9.17) is 19.1 Å². The van der Waals surface area contributed by atoms with Crippen LogP contribution in [0, 0.1) is 0 Å². The van der Waals surface area contributed by atoms with Gasteiger partial charge in [0.05, 0.1) is 50.2 Å². The number of phenols is 1. The first-order valence-electron chi connectivity index (χ1n) is 22.2. The van der Waals surface area contributed by atoms with Crippen molar-refractivity contribution in [2.24, 2.45) is 0 Å². The Morgan fingerprint density at radius 1 is 0.377 bits per heavy atom. The van der Waals surface area contributed by atoms with Gasteiger partial charge < -0.3 is 23.0 Å². The predicted molar refractivity (Wildman–Crippen MR) is 273 cm³/mol. The largest absolute Gasteiger partial charge is 0.508 e. The number of para-hydroxylation sites is 6. The van der Waals surface area contributed by atoms with E-state index in [1.165, 1.54) is 12.1 Å². The highest BCUT2D eigenvalue weighted by molar-refractivity contribution is 7.81. The van der Waals surface area contributed by atoms with Crippen LogP contribution >= 0.6 is 0 Å². The van der Waals surface area contributed by atoms with E-state index in [-0.39, 0.29) is 11.5 Å². The molecule has 0 radical (unpaired) electrons. The average Bonchev–Trinajstić information content (AvgIpc) is 4.02. The molecule has 0 saturated carbocycles. The summed E-state index contributed by atoms with van der Waals surface area (Å²) in [5.74, 6) is 1.01. The molecular formula is C57H36N6O5S. The highest BCUT2D eigenvalue weighted by Crippen LogP contribution is 2.45. The fraction of sp³-hybridized carbons (Fsp3) is 0. The minimum absolute atomic E-state index is 0.0819. The Morgan fingerprint density at radius 3 is 1.03 bits per heavy atom. The van der Waals surface area contributed by atoms with Crippen molar-refractivity contribution in [1.82, 2.24) is 28.7 Å². The van der Waals surface area contributed by atoms with E-state index in [0.717, 1.165) is 82.5 Å². The topological polar surface area (TPSA) is 137 Å². The van der Waals surface area contributed by atoms with E-state index >= 15 is 0 Å². The van der Waals surface area contributed by atoms with Gasteiger partial charge in [-0.3, -0.25) is 4.55 Å². The van der Waals surface area contributed by atoms with Gasteiger partial charge in [-0.25, -0.2) is 15.0 Å². The van der Waals surface area contributed by atoms with Crippen molar-refractivity contribution in [3.63, 3.8) is 0 Å². The Labute approximate surface area is 394 Å². The fourth-order valence-corrected chi connectivity index (χ4v) is 10.3. The number of aromatic hydroxyl groups is 1. The second kappa shape index (κ2) is 15.5. The number of aromatic nitrogens is 6. The van der Waals surface area contributed by atoms with E-state index in [1.807, 2.05) is 0 Å². The molecule has 13 aromatic rings. The minimum atomic E-state index is -4.76. The number of rotatable bonds is 8. The van der Waals surface area contributed by atoms with Crippen molar-refractivity contribution in [3.8, 4) is 62.7 Å². The van der Waals surface area contributed by atoms with E-state index in [0.29, 0.717) is 34.2 Å². The highest BCUT2D eigenvalue weighted by Gasteiger charge is 2.27. The second-order valence-electron chi connectivity index (χ2n) is 16.9. The van der Waals surface area contributed by atoms with Crippen LogP contribution in [0.3, 0.4) is 0 Å². The normalized spacial score (nSPS) is 12.0. The van der Waals surface area contributed by atoms with Gasteiger partial charge in [0.1, 0.15) is 11.5 Å². The summed E-state index contributed by atoms with van der Waals surface area (Å²) in [5.41, 5.74) is 10.6. The lowest BCUT2D eigenvalue weighted by atomic mass is 10.1. The Hall–Kier alpha value is -9.10. The SMILES string of the molecule is O=S(=O)(O)Oc1ccc(-c2nc(-c3ccc(O)cc3)nc(-c3cc(-n4c5ccccc5c5ccccc54)c(-n4c5ccccc5c5ccccc54)c(-n4c5ccccc5c5ccccc54)c3)n2)cc1. The molecule has 0 spiro atoms. The Bertz CT molecular complexity index is 4030. The predicted octanol–water partition coefficient (Wildman–Crippen LogP) is 13.1. The molecule has 11 nitrogen and oxygen atoms in total. The molecule has 0 aliphatic carbocycles. The number of hydrogen-bond donors (Lipinski definition) is 2. The van der Waals surface area contributed by atoms with Gasteiger partial charge in [0.25, 0.3) is 0 Å². The number of benzene rings is 9. The molecule has 0 amide bonds. The van der Waals surface area contributed by atoms with Crippen LogP contribution in [-0.4, -0.2) is 46.7 Å². The van der Waals surface area contributed by atoms with Gasteiger partial charge in [-0.1, -0.05) is 109 Å². The number of phenolic OH excluding ortho intramolecular Hbond substituents is 1. The molecule has 0 bridgehead atoms. The van der Waals surface area contributed by atoms with E-state index in [2.05, 4.69) is 171 Å². The molecule has 12 heteroatoms. The lowest BCUT2D eigenvalue weighted by molar-refractivity contribution is 0.387. The molecule has 0 unspecified atom stereocenters. The smallest absolute Gasteiger partial charge is 0.446 e.